The smallest absolute Gasteiger partial charge is 0.295 e. The first kappa shape index (κ1) is 14.3. The minimum absolute atomic E-state index is 0.233. The molecule has 0 aromatic heterocycles. The van der Waals surface area contributed by atoms with Gasteiger partial charge in [0.1, 0.15) is 5.69 Å². The molecule has 2 bridgehead atoms. The molecule has 2 atom stereocenters. The summed E-state index contributed by atoms with van der Waals surface area (Å²) in [5, 5.41) is 15.1. The molecule has 2 saturated heterocycles. The molecule has 2 aliphatic rings. The molecule has 1 N–H and O–H groups in total. The van der Waals surface area contributed by atoms with E-state index in [2.05, 4.69) is 17.1 Å². The number of para-hydroxylation sites is 1. The van der Waals surface area contributed by atoms with Gasteiger partial charge in [-0.1, -0.05) is 12.1 Å². The van der Waals surface area contributed by atoms with E-state index >= 15 is 0 Å². The first-order valence-electron chi connectivity index (χ1n) is 7.86. The van der Waals surface area contributed by atoms with Crippen LogP contribution in [0.15, 0.2) is 18.2 Å². The molecule has 2 fully saturated rings. The van der Waals surface area contributed by atoms with Gasteiger partial charge < -0.3 is 10.2 Å². The molecule has 3 rings (SSSR count). The Morgan fingerprint density at radius 1 is 1.33 bits per heavy atom. The Morgan fingerprint density at radius 2 is 2.00 bits per heavy atom. The molecule has 0 amide bonds. The van der Waals surface area contributed by atoms with Crippen LogP contribution in [0.2, 0.25) is 0 Å². The number of fused-ring (bicyclic) bond motifs is 2. The van der Waals surface area contributed by atoms with E-state index in [1.807, 2.05) is 25.1 Å². The van der Waals surface area contributed by atoms with Crippen LogP contribution in [0, 0.1) is 17.0 Å². The van der Waals surface area contributed by atoms with Crippen LogP contribution in [0.25, 0.3) is 0 Å². The van der Waals surface area contributed by atoms with Gasteiger partial charge in [0, 0.05) is 30.2 Å². The van der Waals surface area contributed by atoms with Crippen LogP contribution in [0.4, 0.5) is 11.4 Å². The summed E-state index contributed by atoms with van der Waals surface area (Å²) >= 11 is 0. The topological polar surface area (TPSA) is 58.4 Å². The fourth-order valence-electron chi connectivity index (χ4n) is 4.02. The van der Waals surface area contributed by atoms with Gasteiger partial charge in [0.2, 0.25) is 0 Å². The molecule has 2 heterocycles. The Kier molecular flexibility index (Phi) is 3.85. The number of hydrogen-bond donors (Lipinski definition) is 1. The second-order valence-corrected chi connectivity index (χ2v) is 6.25. The molecule has 0 radical (unpaired) electrons. The molecule has 5 nitrogen and oxygen atoms in total. The summed E-state index contributed by atoms with van der Waals surface area (Å²) < 4.78 is 0. The Bertz CT molecular complexity index is 534. The van der Waals surface area contributed by atoms with Gasteiger partial charge in [-0.05, 0) is 45.6 Å². The zero-order valence-corrected chi connectivity index (χ0v) is 12.7. The van der Waals surface area contributed by atoms with E-state index in [1.54, 1.807) is 0 Å². The zero-order valence-electron chi connectivity index (χ0n) is 12.7. The van der Waals surface area contributed by atoms with Crippen molar-refractivity contribution in [1.82, 2.24) is 5.32 Å². The van der Waals surface area contributed by atoms with Gasteiger partial charge in [0.25, 0.3) is 5.69 Å². The number of hydrogen-bond acceptors (Lipinski definition) is 4. The second kappa shape index (κ2) is 5.64. The molecule has 0 saturated carbocycles. The molecular formula is C16H23N3O2. The van der Waals surface area contributed by atoms with Crippen molar-refractivity contribution in [3.05, 3.63) is 33.9 Å². The summed E-state index contributed by atoms with van der Waals surface area (Å²) in [5.74, 6) is 0. The number of benzene rings is 1. The number of nitrogens with one attached hydrogen (secondary N) is 1. The third-order valence-corrected chi connectivity index (χ3v) is 4.94. The van der Waals surface area contributed by atoms with Gasteiger partial charge >= 0.3 is 0 Å². The minimum atomic E-state index is -0.233. The minimum Gasteiger partial charge on any atom is -0.363 e. The maximum atomic E-state index is 11.5. The van der Waals surface area contributed by atoms with Crippen LogP contribution >= 0.6 is 0 Å². The van der Waals surface area contributed by atoms with E-state index in [0.717, 1.165) is 30.6 Å². The van der Waals surface area contributed by atoms with Crippen LogP contribution in [0.1, 0.15) is 38.2 Å². The summed E-state index contributed by atoms with van der Waals surface area (Å²) in [6.45, 7) is 4.73. The molecular weight excluding hydrogens is 266 g/mol. The Balaban J connectivity index is 1.93. The highest BCUT2D eigenvalue weighted by Crippen LogP contribution is 2.37. The molecule has 0 aliphatic carbocycles. The predicted molar refractivity (Wildman–Crippen MR) is 83.8 cm³/mol. The number of anilines is 1. The van der Waals surface area contributed by atoms with Crippen molar-refractivity contribution in [2.45, 2.75) is 57.7 Å². The fraction of sp³-hybridized carbons (Fsp3) is 0.625. The van der Waals surface area contributed by atoms with Crippen LogP contribution in [0.5, 0.6) is 0 Å². The highest BCUT2D eigenvalue weighted by Gasteiger charge is 2.37. The van der Waals surface area contributed by atoms with Crippen molar-refractivity contribution in [3.63, 3.8) is 0 Å². The summed E-state index contributed by atoms with van der Waals surface area (Å²) in [7, 11) is 0. The SMILES string of the molecule is CCN(c1cccc(C)c1[N+](=O)[O-])C1CC2CCC(C1)N2. The molecule has 0 spiro atoms. The first-order valence-corrected chi connectivity index (χ1v) is 7.86. The largest absolute Gasteiger partial charge is 0.363 e. The zero-order chi connectivity index (χ0) is 15.0. The van der Waals surface area contributed by atoms with Crippen LogP contribution in [0.3, 0.4) is 0 Å². The lowest BCUT2D eigenvalue weighted by atomic mass is 9.97. The molecule has 21 heavy (non-hydrogen) atoms. The van der Waals surface area contributed by atoms with Crippen molar-refractivity contribution >= 4 is 11.4 Å². The van der Waals surface area contributed by atoms with Crippen LogP contribution < -0.4 is 10.2 Å². The quantitative estimate of drug-likeness (QED) is 0.684. The van der Waals surface area contributed by atoms with Crippen LogP contribution in [-0.4, -0.2) is 29.6 Å². The number of nitro benzene ring substituents is 1. The number of piperidine rings is 1. The number of nitrogens with zero attached hydrogens (tertiary/aromatic N) is 2. The Morgan fingerprint density at radius 3 is 2.57 bits per heavy atom. The first-order chi connectivity index (χ1) is 10.1. The summed E-state index contributed by atoms with van der Waals surface area (Å²) in [6.07, 6.45) is 4.67. The molecule has 114 valence electrons. The number of aryl methyl sites for hydroxylation is 1. The maximum Gasteiger partial charge on any atom is 0.295 e. The van der Waals surface area contributed by atoms with Crippen molar-refractivity contribution < 1.29 is 4.92 Å². The van der Waals surface area contributed by atoms with Gasteiger partial charge in [-0.2, -0.15) is 0 Å². The van der Waals surface area contributed by atoms with Gasteiger partial charge in [0.15, 0.2) is 0 Å². The van der Waals surface area contributed by atoms with E-state index in [9.17, 15) is 10.1 Å². The average molecular weight is 289 g/mol. The van der Waals surface area contributed by atoms with Crippen LogP contribution in [-0.2, 0) is 0 Å². The van der Waals surface area contributed by atoms with Gasteiger partial charge in [-0.25, -0.2) is 0 Å². The molecule has 1 aromatic carbocycles. The van der Waals surface area contributed by atoms with Gasteiger partial charge in [0.05, 0.1) is 4.92 Å². The highest BCUT2D eigenvalue weighted by molar-refractivity contribution is 5.67. The van der Waals surface area contributed by atoms with Gasteiger partial charge in [-0.15, -0.1) is 0 Å². The lowest BCUT2D eigenvalue weighted by molar-refractivity contribution is -0.384. The summed E-state index contributed by atoms with van der Waals surface area (Å²) in [5.41, 5.74) is 1.80. The molecule has 2 aliphatic heterocycles. The Hall–Kier alpha value is -1.62. The molecule has 5 heteroatoms. The normalized spacial score (nSPS) is 27.6. The average Bonchev–Trinajstić information content (AvgIpc) is 2.78. The molecule has 2 unspecified atom stereocenters. The highest BCUT2D eigenvalue weighted by atomic mass is 16.6. The monoisotopic (exact) mass is 289 g/mol. The fourth-order valence-corrected chi connectivity index (χ4v) is 4.02. The van der Waals surface area contributed by atoms with E-state index in [4.69, 9.17) is 0 Å². The summed E-state index contributed by atoms with van der Waals surface area (Å²) in [6, 6.07) is 7.24. The third kappa shape index (κ3) is 2.62. The lowest BCUT2D eigenvalue weighted by Gasteiger charge is -2.38. The molecule has 1 aromatic rings. The standard InChI is InChI=1S/C16H23N3O2/c1-3-18(14-9-12-7-8-13(10-14)17-12)15-6-4-5-11(2)16(15)19(20)21/h4-6,12-14,17H,3,7-10H2,1-2H3. The number of rotatable bonds is 4. The van der Waals surface area contributed by atoms with E-state index < -0.39 is 0 Å². The van der Waals surface area contributed by atoms with E-state index in [0.29, 0.717) is 18.1 Å². The lowest BCUT2D eigenvalue weighted by Crippen LogP contribution is -2.48. The number of nitro groups is 1. The summed E-state index contributed by atoms with van der Waals surface area (Å²) in [4.78, 5) is 13.5. The maximum absolute atomic E-state index is 11.5. The second-order valence-electron chi connectivity index (χ2n) is 6.25. The van der Waals surface area contributed by atoms with Gasteiger partial charge in [-0.3, -0.25) is 10.1 Å². The predicted octanol–water partition coefficient (Wildman–Crippen LogP) is 3.01. The third-order valence-electron chi connectivity index (χ3n) is 4.94. The van der Waals surface area contributed by atoms with Crippen molar-refractivity contribution in [2.24, 2.45) is 0 Å². The van der Waals surface area contributed by atoms with Crippen molar-refractivity contribution in [2.75, 3.05) is 11.4 Å². The van der Waals surface area contributed by atoms with Crippen molar-refractivity contribution in [3.8, 4) is 0 Å². The Labute approximate surface area is 125 Å². The van der Waals surface area contributed by atoms with Crippen molar-refractivity contribution in [1.29, 1.82) is 0 Å². The van der Waals surface area contributed by atoms with E-state index in [-0.39, 0.29) is 10.6 Å². The van der Waals surface area contributed by atoms with E-state index in [1.165, 1.54) is 12.8 Å².